The molecule has 0 aliphatic carbocycles. The van der Waals surface area contributed by atoms with Gasteiger partial charge >= 0.3 is 0 Å². The Morgan fingerprint density at radius 2 is 1.79 bits per heavy atom. The molecule has 3 N–H and O–H groups in total. The van der Waals surface area contributed by atoms with Gasteiger partial charge in [-0.15, -0.1) is 0 Å². The number of carbonyl (C=O) groups excluding carboxylic acids is 2. The van der Waals surface area contributed by atoms with Gasteiger partial charge < -0.3 is 30.2 Å². The van der Waals surface area contributed by atoms with E-state index in [1.807, 2.05) is 0 Å². The van der Waals surface area contributed by atoms with Crippen LogP contribution < -0.4 is 25.4 Å². The summed E-state index contributed by atoms with van der Waals surface area (Å²) in [5.74, 6) is 0.618. The van der Waals surface area contributed by atoms with Crippen LogP contribution in [0.25, 0.3) is 0 Å². The molecule has 28 heavy (non-hydrogen) atoms. The molecule has 0 unspecified atom stereocenters. The molecule has 2 aliphatic heterocycles. The second kappa shape index (κ2) is 8.28. The lowest BCUT2D eigenvalue weighted by Gasteiger charge is -2.23. The number of rotatable bonds is 4. The second-order valence-electron chi connectivity index (χ2n) is 6.41. The van der Waals surface area contributed by atoms with Crippen LogP contribution in [0.2, 0.25) is 0 Å². The summed E-state index contributed by atoms with van der Waals surface area (Å²) in [6.45, 7) is 2.61. The Labute approximate surface area is 162 Å². The lowest BCUT2D eigenvalue weighted by Crippen LogP contribution is -2.45. The van der Waals surface area contributed by atoms with Gasteiger partial charge in [-0.3, -0.25) is 9.59 Å². The van der Waals surface area contributed by atoms with Crippen molar-refractivity contribution in [3.8, 4) is 11.5 Å². The number of fused-ring (bicyclic) bond motifs is 1. The molecule has 0 spiro atoms. The first-order valence-electron chi connectivity index (χ1n) is 9.14. The zero-order valence-corrected chi connectivity index (χ0v) is 15.2. The molecule has 2 aliphatic rings. The minimum absolute atomic E-state index is 0.285. The van der Waals surface area contributed by atoms with E-state index in [9.17, 15) is 9.59 Å². The highest BCUT2D eigenvalue weighted by Crippen LogP contribution is 2.32. The molecule has 4 rings (SSSR count). The number of anilines is 2. The molecular weight excluding hydrogens is 362 g/mol. The van der Waals surface area contributed by atoms with Crippen LogP contribution in [0.1, 0.15) is 10.4 Å². The molecular formula is C20H21N3O5. The number of para-hydroxylation sites is 1. The van der Waals surface area contributed by atoms with Crippen molar-refractivity contribution in [3.63, 3.8) is 0 Å². The largest absolute Gasteiger partial charge is 0.486 e. The number of benzene rings is 2. The summed E-state index contributed by atoms with van der Waals surface area (Å²) in [5.41, 5.74) is 1.36. The molecule has 0 bridgehead atoms. The summed E-state index contributed by atoms with van der Waals surface area (Å²) < 4.78 is 16.5. The third-order valence-corrected chi connectivity index (χ3v) is 4.45. The molecule has 2 aromatic carbocycles. The van der Waals surface area contributed by atoms with Gasteiger partial charge in [-0.05, 0) is 24.3 Å². The molecule has 0 aromatic heterocycles. The van der Waals surface area contributed by atoms with Gasteiger partial charge in [0.15, 0.2) is 11.5 Å². The predicted octanol–water partition coefficient (Wildman–Crippen LogP) is 1.64. The first-order chi connectivity index (χ1) is 13.7. The first kappa shape index (κ1) is 18.3. The maximum atomic E-state index is 12.8. The van der Waals surface area contributed by atoms with Gasteiger partial charge in [-0.1, -0.05) is 12.1 Å². The van der Waals surface area contributed by atoms with Crippen molar-refractivity contribution in [3.05, 3.63) is 48.0 Å². The predicted molar refractivity (Wildman–Crippen MR) is 103 cm³/mol. The Hall–Kier alpha value is -3.10. The Balaban J connectivity index is 1.48. The van der Waals surface area contributed by atoms with Crippen molar-refractivity contribution in [2.45, 2.75) is 6.10 Å². The fourth-order valence-electron chi connectivity index (χ4n) is 3.06. The number of amides is 2. The van der Waals surface area contributed by atoms with Gasteiger partial charge in [0, 0.05) is 24.8 Å². The van der Waals surface area contributed by atoms with E-state index in [0.717, 1.165) is 6.54 Å². The van der Waals surface area contributed by atoms with Gasteiger partial charge in [-0.2, -0.15) is 0 Å². The van der Waals surface area contributed by atoms with Crippen LogP contribution in [0.3, 0.4) is 0 Å². The lowest BCUT2D eigenvalue weighted by molar-refractivity contribution is -0.128. The van der Waals surface area contributed by atoms with Gasteiger partial charge in [0.25, 0.3) is 11.8 Å². The molecule has 1 atom stereocenters. The first-order valence-corrected chi connectivity index (χ1v) is 9.14. The molecule has 0 saturated carbocycles. The second-order valence-corrected chi connectivity index (χ2v) is 6.41. The molecule has 0 radical (unpaired) electrons. The molecule has 2 amide bonds. The highest BCUT2D eigenvalue weighted by atomic mass is 16.6. The van der Waals surface area contributed by atoms with Gasteiger partial charge in [0.05, 0.1) is 17.9 Å². The summed E-state index contributed by atoms with van der Waals surface area (Å²) in [6.07, 6.45) is -0.581. The van der Waals surface area contributed by atoms with Crippen LogP contribution in [0.4, 0.5) is 11.4 Å². The number of morpholine rings is 1. The van der Waals surface area contributed by atoms with Crippen molar-refractivity contribution in [2.75, 3.05) is 43.5 Å². The van der Waals surface area contributed by atoms with E-state index >= 15 is 0 Å². The van der Waals surface area contributed by atoms with Crippen molar-refractivity contribution in [1.82, 2.24) is 5.32 Å². The van der Waals surface area contributed by atoms with E-state index in [1.54, 1.807) is 42.5 Å². The van der Waals surface area contributed by atoms with E-state index in [1.165, 1.54) is 0 Å². The third kappa shape index (κ3) is 4.08. The fraction of sp³-hybridized carbons (Fsp3) is 0.300. The number of hydrogen-bond donors (Lipinski definition) is 3. The van der Waals surface area contributed by atoms with Gasteiger partial charge in [0.2, 0.25) is 0 Å². The minimum atomic E-state index is -0.581. The number of carbonyl (C=O) groups is 2. The van der Waals surface area contributed by atoms with E-state index < -0.39 is 6.10 Å². The van der Waals surface area contributed by atoms with E-state index in [2.05, 4.69) is 16.0 Å². The monoisotopic (exact) mass is 383 g/mol. The van der Waals surface area contributed by atoms with E-state index in [0.29, 0.717) is 54.8 Å². The molecule has 2 heterocycles. The Morgan fingerprint density at radius 3 is 2.61 bits per heavy atom. The lowest BCUT2D eigenvalue weighted by atomic mass is 10.1. The summed E-state index contributed by atoms with van der Waals surface area (Å²) >= 11 is 0. The molecule has 1 saturated heterocycles. The van der Waals surface area contributed by atoms with Crippen LogP contribution >= 0.6 is 0 Å². The molecule has 146 valence electrons. The Kier molecular flexibility index (Phi) is 5.41. The zero-order valence-electron chi connectivity index (χ0n) is 15.2. The van der Waals surface area contributed by atoms with Crippen molar-refractivity contribution >= 4 is 23.2 Å². The topological polar surface area (TPSA) is 97.9 Å². The highest BCUT2D eigenvalue weighted by molar-refractivity contribution is 6.10. The quantitative estimate of drug-likeness (QED) is 0.743. The van der Waals surface area contributed by atoms with Crippen LogP contribution in [0.5, 0.6) is 11.5 Å². The van der Waals surface area contributed by atoms with E-state index in [-0.39, 0.29) is 11.8 Å². The SMILES string of the molecule is O=C(Nc1ccc2c(c1)OCCO2)c1ccccc1NC(=O)[C@H]1CNCCO1. The smallest absolute Gasteiger partial charge is 0.257 e. The number of nitrogens with one attached hydrogen (secondary N) is 3. The maximum absolute atomic E-state index is 12.8. The van der Waals surface area contributed by atoms with Crippen LogP contribution in [0, 0.1) is 0 Å². The van der Waals surface area contributed by atoms with Crippen molar-refractivity contribution in [2.24, 2.45) is 0 Å². The molecule has 8 heteroatoms. The molecule has 8 nitrogen and oxygen atoms in total. The number of ether oxygens (including phenoxy) is 3. The third-order valence-electron chi connectivity index (χ3n) is 4.45. The average Bonchev–Trinajstić information content (AvgIpc) is 2.74. The van der Waals surface area contributed by atoms with Crippen LogP contribution in [-0.4, -0.2) is 50.8 Å². The molecule has 1 fully saturated rings. The normalized spacial score (nSPS) is 18.2. The Bertz CT molecular complexity index is 880. The van der Waals surface area contributed by atoms with Gasteiger partial charge in [-0.25, -0.2) is 0 Å². The average molecular weight is 383 g/mol. The summed E-state index contributed by atoms with van der Waals surface area (Å²) in [5, 5.41) is 8.73. The summed E-state index contributed by atoms with van der Waals surface area (Å²) in [7, 11) is 0. The maximum Gasteiger partial charge on any atom is 0.257 e. The summed E-state index contributed by atoms with van der Waals surface area (Å²) in [4.78, 5) is 25.2. The minimum Gasteiger partial charge on any atom is -0.486 e. The van der Waals surface area contributed by atoms with Crippen LogP contribution in [-0.2, 0) is 9.53 Å². The van der Waals surface area contributed by atoms with Crippen molar-refractivity contribution in [1.29, 1.82) is 0 Å². The fourth-order valence-corrected chi connectivity index (χ4v) is 3.06. The number of hydrogen-bond acceptors (Lipinski definition) is 6. The molecule has 2 aromatic rings. The van der Waals surface area contributed by atoms with Gasteiger partial charge in [0.1, 0.15) is 19.3 Å². The standard InChI is InChI=1S/C20H21N3O5/c24-19(22-13-5-6-16-17(11-13)28-10-9-27-16)14-3-1-2-4-15(14)23-20(25)18-12-21-7-8-26-18/h1-6,11,18,21H,7-10,12H2,(H,22,24)(H,23,25)/t18-/m1/s1. The van der Waals surface area contributed by atoms with Crippen molar-refractivity contribution < 1.29 is 23.8 Å². The highest BCUT2D eigenvalue weighted by Gasteiger charge is 2.23. The zero-order chi connectivity index (χ0) is 19.3. The summed E-state index contributed by atoms with van der Waals surface area (Å²) in [6, 6.07) is 12.1. The van der Waals surface area contributed by atoms with E-state index in [4.69, 9.17) is 14.2 Å². The Morgan fingerprint density at radius 1 is 0.964 bits per heavy atom. The van der Waals surface area contributed by atoms with Crippen LogP contribution in [0.15, 0.2) is 42.5 Å².